The van der Waals surface area contributed by atoms with Crippen LogP contribution in [0.15, 0.2) is 12.1 Å². The van der Waals surface area contributed by atoms with E-state index in [-0.39, 0.29) is 0 Å². The molecule has 1 unspecified atom stereocenters. The fourth-order valence-corrected chi connectivity index (χ4v) is 2.57. The van der Waals surface area contributed by atoms with Crippen molar-refractivity contribution in [3.8, 4) is 0 Å². The molecule has 18 heavy (non-hydrogen) atoms. The Morgan fingerprint density at radius 2 is 1.72 bits per heavy atom. The molecule has 1 aromatic rings. The average Bonchev–Trinajstić information content (AvgIpc) is 2.13. The quantitative estimate of drug-likeness (QED) is 0.895. The molecule has 0 aliphatic carbocycles. The van der Waals surface area contributed by atoms with Crippen molar-refractivity contribution in [2.75, 3.05) is 18.6 Å². The molecule has 0 saturated heterocycles. The first-order valence-electron chi connectivity index (χ1n) is 5.30. The normalized spacial score (nSPS) is 13.6. The van der Waals surface area contributed by atoms with Gasteiger partial charge in [0.05, 0.1) is 11.8 Å². The number of nitrogens with one attached hydrogen (secondary N) is 1. The van der Waals surface area contributed by atoms with E-state index in [1.807, 2.05) is 0 Å². The Balaban J connectivity index is 3.21. The lowest BCUT2D eigenvalue weighted by Gasteiger charge is -2.18. The van der Waals surface area contributed by atoms with Crippen LogP contribution in [0, 0.1) is 17.5 Å². The molecule has 0 aliphatic heterocycles. The van der Waals surface area contributed by atoms with Gasteiger partial charge in [0.25, 0.3) is 0 Å². The molecule has 0 bridgehead atoms. The van der Waals surface area contributed by atoms with E-state index in [1.54, 1.807) is 6.92 Å². The lowest BCUT2D eigenvalue weighted by molar-refractivity contribution is 0.479. The Labute approximate surface area is 104 Å². The molecule has 0 aromatic heterocycles. The third kappa shape index (κ3) is 3.99. The SMILES string of the molecule is CCNC(CS(C)(=O)=O)c1c(F)cc(F)cc1F. The van der Waals surface area contributed by atoms with E-state index in [4.69, 9.17) is 0 Å². The van der Waals surface area contributed by atoms with Crippen molar-refractivity contribution in [1.29, 1.82) is 0 Å². The van der Waals surface area contributed by atoms with Gasteiger partial charge in [0.15, 0.2) is 0 Å². The van der Waals surface area contributed by atoms with Crippen molar-refractivity contribution in [1.82, 2.24) is 5.32 Å². The molecule has 1 rings (SSSR count). The highest BCUT2D eigenvalue weighted by atomic mass is 32.2. The van der Waals surface area contributed by atoms with Crippen LogP contribution < -0.4 is 5.32 Å². The van der Waals surface area contributed by atoms with E-state index in [0.29, 0.717) is 18.7 Å². The third-order valence-corrected chi connectivity index (χ3v) is 3.25. The summed E-state index contributed by atoms with van der Waals surface area (Å²) in [5.74, 6) is -3.69. The van der Waals surface area contributed by atoms with E-state index in [9.17, 15) is 21.6 Å². The molecule has 3 nitrogen and oxygen atoms in total. The maximum Gasteiger partial charge on any atom is 0.149 e. The Morgan fingerprint density at radius 1 is 1.22 bits per heavy atom. The van der Waals surface area contributed by atoms with Crippen LogP contribution in [-0.4, -0.2) is 27.0 Å². The molecule has 0 radical (unpaired) electrons. The molecule has 0 saturated carbocycles. The first-order valence-corrected chi connectivity index (χ1v) is 7.36. The number of hydrogen-bond acceptors (Lipinski definition) is 3. The number of rotatable bonds is 5. The molecule has 0 fully saturated rings. The summed E-state index contributed by atoms with van der Waals surface area (Å²) in [4.78, 5) is 0. The molecule has 0 heterocycles. The minimum Gasteiger partial charge on any atom is -0.309 e. The summed E-state index contributed by atoms with van der Waals surface area (Å²) in [6, 6.07) is 0.0291. The van der Waals surface area contributed by atoms with E-state index in [0.717, 1.165) is 6.26 Å². The fraction of sp³-hybridized carbons (Fsp3) is 0.455. The van der Waals surface area contributed by atoms with Crippen molar-refractivity contribution >= 4 is 9.84 Å². The number of halogens is 3. The van der Waals surface area contributed by atoms with Crippen molar-refractivity contribution in [2.24, 2.45) is 0 Å². The predicted molar refractivity (Wildman–Crippen MR) is 62.4 cm³/mol. The Kier molecular flexibility index (Phi) is 4.75. The Hall–Kier alpha value is -1.08. The largest absolute Gasteiger partial charge is 0.309 e. The topological polar surface area (TPSA) is 46.2 Å². The van der Waals surface area contributed by atoms with Crippen LogP contribution in [0.25, 0.3) is 0 Å². The van der Waals surface area contributed by atoms with Gasteiger partial charge in [-0.3, -0.25) is 0 Å². The summed E-state index contributed by atoms with van der Waals surface area (Å²) in [7, 11) is -3.43. The maximum atomic E-state index is 13.5. The summed E-state index contributed by atoms with van der Waals surface area (Å²) in [6.45, 7) is 2.01. The van der Waals surface area contributed by atoms with Crippen LogP contribution >= 0.6 is 0 Å². The van der Waals surface area contributed by atoms with Gasteiger partial charge in [-0.2, -0.15) is 0 Å². The Bertz CT molecular complexity index is 508. The van der Waals surface area contributed by atoms with Crippen molar-refractivity contribution < 1.29 is 21.6 Å². The second-order valence-corrected chi connectivity index (χ2v) is 6.17. The fourth-order valence-electron chi connectivity index (χ4n) is 1.68. The lowest BCUT2D eigenvalue weighted by Crippen LogP contribution is -2.29. The van der Waals surface area contributed by atoms with E-state index in [2.05, 4.69) is 5.32 Å². The smallest absolute Gasteiger partial charge is 0.149 e. The molecule has 1 atom stereocenters. The third-order valence-electron chi connectivity index (χ3n) is 2.31. The van der Waals surface area contributed by atoms with Gasteiger partial charge in [-0.25, -0.2) is 21.6 Å². The standard InChI is InChI=1S/C11H14F3NO2S/c1-3-15-10(6-18(2,16)17)11-8(13)4-7(12)5-9(11)14/h4-5,10,15H,3,6H2,1-2H3. The maximum absolute atomic E-state index is 13.5. The highest BCUT2D eigenvalue weighted by molar-refractivity contribution is 7.90. The van der Waals surface area contributed by atoms with Crippen LogP contribution in [0.2, 0.25) is 0 Å². The van der Waals surface area contributed by atoms with Crippen LogP contribution in [0.5, 0.6) is 0 Å². The molecular weight excluding hydrogens is 267 g/mol. The van der Waals surface area contributed by atoms with Gasteiger partial charge in [-0.1, -0.05) is 6.92 Å². The second-order valence-electron chi connectivity index (χ2n) is 3.99. The Morgan fingerprint density at radius 3 is 2.11 bits per heavy atom. The van der Waals surface area contributed by atoms with Crippen LogP contribution in [0.4, 0.5) is 13.2 Å². The first kappa shape index (κ1) is 15.0. The van der Waals surface area contributed by atoms with Gasteiger partial charge in [-0.05, 0) is 6.54 Å². The summed E-state index contributed by atoms with van der Waals surface area (Å²) >= 11 is 0. The summed E-state index contributed by atoms with van der Waals surface area (Å²) in [5.41, 5.74) is -0.455. The number of sulfone groups is 1. The minimum atomic E-state index is -3.43. The molecule has 1 N–H and O–H groups in total. The van der Waals surface area contributed by atoms with E-state index in [1.165, 1.54) is 0 Å². The predicted octanol–water partition coefficient (Wildman–Crippen LogP) is 1.80. The van der Waals surface area contributed by atoms with Gasteiger partial charge >= 0.3 is 0 Å². The molecular formula is C11H14F3NO2S. The zero-order chi connectivity index (χ0) is 13.9. The van der Waals surface area contributed by atoms with Crippen molar-refractivity contribution in [3.05, 3.63) is 35.1 Å². The molecule has 102 valence electrons. The van der Waals surface area contributed by atoms with E-state index < -0.39 is 44.6 Å². The van der Waals surface area contributed by atoms with Crippen LogP contribution in [0.1, 0.15) is 18.5 Å². The average molecular weight is 281 g/mol. The first-order chi connectivity index (χ1) is 8.24. The van der Waals surface area contributed by atoms with Crippen LogP contribution in [-0.2, 0) is 9.84 Å². The van der Waals surface area contributed by atoms with Crippen LogP contribution in [0.3, 0.4) is 0 Å². The molecule has 0 spiro atoms. The highest BCUT2D eigenvalue weighted by Crippen LogP contribution is 2.23. The molecule has 0 aliphatic rings. The van der Waals surface area contributed by atoms with Crippen molar-refractivity contribution in [3.63, 3.8) is 0 Å². The van der Waals surface area contributed by atoms with Crippen molar-refractivity contribution in [2.45, 2.75) is 13.0 Å². The summed E-state index contributed by atoms with van der Waals surface area (Å²) in [5, 5.41) is 2.67. The molecule has 7 heteroatoms. The zero-order valence-corrected chi connectivity index (χ0v) is 10.8. The van der Waals surface area contributed by atoms with Gasteiger partial charge in [0.1, 0.15) is 27.3 Å². The van der Waals surface area contributed by atoms with Gasteiger partial charge in [0.2, 0.25) is 0 Å². The number of hydrogen-bond donors (Lipinski definition) is 1. The van der Waals surface area contributed by atoms with Gasteiger partial charge < -0.3 is 5.32 Å². The number of benzene rings is 1. The lowest BCUT2D eigenvalue weighted by atomic mass is 10.1. The molecule has 0 amide bonds. The van der Waals surface area contributed by atoms with E-state index >= 15 is 0 Å². The second kappa shape index (κ2) is 5.71. The monoisotopic (exact) mass is 281 g/mol. The van der Waals surface area contributed by atoms with Gasteiger partial charge in [0, 0.05) is 24.0 Å². The minimum absolute atomic E-state index is 0.330. The zero-order valence-electron chi connectivity index (χ0n) is 10.0. The molecule has 1 aromatic carbocycles. The summed E-state index contributed by atoms with van der Waals surface area (Å²) in [6.07, 6.45) is 0.969. The highest BCUT2D eigenvalue weighted by Gasteiger charge is 2.24. The summed E-state index contributed by atoms with van der Waals surface area (Å²) < 4.78 is 62.3. The van der Waals surface area contributed by atoms with Gasteiger partial charge in [-0.15, -0.1) is 0 Å².